The van der Waals surface area contributed by atoms with Crippen LogP contribution >= 0.6 is 11.3 Å². The minimum atomic E-state index is 0.0748. The number of rotatable bonds is 1. The number of methoxy groups -OCH3 is 1. The third kappa shape index (κ3) is 2.76. The summed E-state index contributed by atoms with van der Waals surface area (Å²) in [5.74, 6) is 0.936. The Hall–Kier alpha value is -1.09. The maximum atomic E-state index is 5.54. The molecule has 104 valence electrons. The van der Waals surface area contributed by atoms with Crippen LogP contribution in [0, 0.1) is 0 Å². The predicted octanol–water partition coefficient (Wildman–Crippen LogP) is 4.90. The number of hydrogen-bond acceptors (Lipinski definition) is 3. The Kier molecular flexibility index (Phi) is 3.38. The van der Waals surface area contributed by atoms with Crippen LogP contribution in [-0.2, 0) is 10.8 Å². The largest absolute Gasteiger partial charge is 0.496 e. The first-order valence-electron chi connectivity index (χ1n) is 6.62. The molecule has 0 atom stereocenters. The van der Waals surface area contributed by atoms with Crippen LogP contribution < -0.4 is 4.74 Å². The fraction of sp³-hybridized carbons (Fsp3) is 0.562. The molecule has 0 aliphatic rings. The standard InChI is InChI=1S/C16H23NOS/c1-15(2,3)10-8-13-11(9-12(10)18-7)17-14(19-13)16(4,5)6/h8-9H,1-7H3. The van der Waals surface area contributed by atoms with Gasteiger partial charge in [0.1, 0.15) is 5.75 Å². The molecule has 19 heavy (non-hydrogen) atoms. The normalized spacial score (nSPS) is 13.0. The summed E-state index contributed by atoms with van der Waals surface area (Å²) in [5, 5.41) is 1.18. The molecule has 0 radical (unpaired) electrons. The summed E-state index contributed by atoms with van der Waals surface area (Å²) < 4.78 is 6.79. The van der Waals surface area contributed by atoms with E-state index in [2.05, 4.69) is 53.7 Å². The SMILES string of the molecule is COc1cc2nc(C(C)(C)C)sc2cc1C(C)(C)C. The number of hydrogen-bond donors (Lipinski definition) is 0. The minimum Gasteiger partial charge on any atom is -0.496 e. The van der Waals surface area contributed by atoms with Crippen molar-refractivity contribution in [3.05, 3.63) is 22.7 Å². The fourth-order valence-corrected chi connectivity index (χ4v) is 3.07. The van der Waals surface area contributed by atoms with Crippen molar-refractivity contribution in [2.24, 2.45) is 0 Å². The lowest BCUT2D eigenvalue weighted by molar-refractivity contribution is 0.398. The third-order valence-corrected chi connectivity index (χ3v) is 4.60. The van der Waals surface area contributed by atoms with Crippen LogP contribution in [-0.4, -0.2) is 12.1 Å². The van der Waals surface area contributed by atoms with E-state index < -0.39 is 0 Å². The highest BCUT2D eigenvalue weighted by Crippen LogP contribution is 2.38. The molecule has 0 bridgehead atoms. The Balaban J connectivity index is 2.68. The van der Waals surface area contributed by atoms with E-state index in [1.165, 1.54) is 15.3 Å². The zero-order valence-corrected chi connectivity index (χ0v) is 13.7. The molecule has 2 aromatic rings. The van der Waals surface area contributed by atoms with E-state index in [1.54, 1.807) is 18.4 Å². The molecule has 1 heterocycles. The highest BCUT2D eigenvalue weighted by molar-refractivity contribution is 7.18. The number of thiazole rings is 1. The van der Waals surface area contributed by atoms with E-state index in [0.29, 0.717) is 0 Å². The summed E-state index contributed by atoms with van der Waals surface area (Å²) in [6.07, 6.45) is 0. The van der Waals surface area contributed by atoms with E-state index in [1.807, 2.05) is 0 Å². The van der Waals surface area contributed by atoms with Crippen LogP contribution in [0.2, 0.25) is 0 Å². The van der Waals surface area contributed by atoms with Gasteiger partial charge in [0.15, 0.2) is 0 Å². The molecule has 1 aromatic heterocycles. The molecule has 2 nitrogen and oxygen atoms in total. The minimum absolute atomic E-state index is 0.0748. The Bertz CT molecular complexity index is 599. The molecule has 0 spiro atoms. The smallest absolute Gasteiger partial charge is 0.124 e. The average Bonchev–Trinajstić information content (AvgIpc) is 2.68. The van der Waals surface area contributed by atoms with Crippen molar-refractivity contribution in [2.75, 3.05) is 7.11 Å². The second kappa shape index (κ2) is 4.48. The topological polar surface area (TPSA) is 22.1 Å². The molecule has 0 aliphatic carbocycles. The molecule has 0 saturated heterocycles. The molecule has 0 fully saturated rings. The van der Waals surface area contributed by atoms with Gasteiger partial charge >= 0.3 is 0 Å². The number of benzene rings is 1. The van der Waals surface area contributed by atoms with Gasteiger partial charge in [-0.05, 0) is 11.5 Å². The Morgan fingerprint density at radius 2 is 1.63 bits per heavy atom. The van der Waals surface area contributed by atoms with Gasteiger partial charge in [0.05, 0.1) is 22.3 Å². The van der Waals surface area contributed by atoms with Crippen LogP contribution in [0.5, 0.6) is 5.75 Å². The van der Waals surface area contributed by atoms with Gasteiger partial charge in [-0.1, -0.05) is 41.5 Å². The van der Waals surface area contributed by atoms with Crippen molar-refractivity contribution in [1.29, 1.82) is 0 Å². The highest BCUT2D eigenvalue weighted by Gasteiger charge is 2.23. The number of aromatic nitrogens is 1. The highest BCUT2D eigenvalue weighted by atomic mass is 32.1. The fourth-order valence-electron chi connectivity index (χ4n) is 2.03. The lowest BCUT2D eigenvalue weighted by Crippen LogP contribution is -2.12. The van der Waals surface area contributed by atoms with Crippen molar-refractivity contribution >= 4 is 21.6 Å². The van der Waals surface area contributed by atoms with E-state index in [-0.39, 0.29) is 10.8 Å². The monoisotopic (exact) mass is 277 g/mol. The van der Waals surface area contributed by atoms with Crippen LogP contribution in [0.25, 0.3) is 10.2 Å². The predicted molar refractivity (Wildman–Crippen MR) is 83.6 cm³/mol. The van der Waals surface area contributed by atoms with E-state index in [4.69, 9.17) is 9.72 Å². The van der Waals surface area contributed by atoms with Gasteiger partial charge in [0.25, 0.3) is 0 Å². The van der Waals surface area contributed by atoms with Gasteiger partial charge in [-0.15, -0.1) is 11.3 Å². The van der Waals surface area contributed by atoms with Crippen LogP contribution in [0.3, 0.4) is 0 Å². The zero-order valence-electron chi connectivity index (χ0n) is 12.9. The van der Waals surface area contributed by atoms with E-state index in [0.717, 1.165) is 11.3 Å². The van der Waals surface area contributed by atoms with Crippen LogP contribution in [0.4, 0.5) is 0 Å². The molecule has 0 unspecified atom stereocenters. The van der Waals surface area contributed by atoms with Crippen molar-refractivity contribution in [1.82, 2.24) is 4.98 Å². The first kappa shape index (κ1) is 14.3. The summed E-state index contributed by atoms with van der Waals surface area (Å²) in [7, 11) is 1.73. The lowest BCUT2D eigenvalue weighted by atomic mass is 9.86. The molecular weight excluding hydrogens is 254 g/mol. The Morgan fingerprint density at radius 3 is 2.11 bits per heavy atom. The average molecular weight is 277 g/mol. The summed E-state index contributed by atoms with van der Waals surface area (Å²) in [4.78, 5) is 4.75. The maximum Gasteiger partial charge on any atom is 0.124 e. The molecule has 3 heteroatoms. The Labute approximate surface area is 119 Å². The van der Waals surface area contributed by atoms with Crippen LogP contribution in [0.15, 0.2) is 12.1 Å². The van der Waals surface area contributed by atoms with E-state index in [9.17, 15) is 0 Å². The Morgan fingerprint density at radius 1 is 1.00 bits per heavy atom. The van der Waals surface area contributed by atoms with Gasteiger partial charge in [-0.2, -0.15) is 0 Å². The molecule has 0 amide bonds. The number of ether oxygens (including phenoxy) is 1. The van der Waals surface area contributed by atoms with Gasteiger partial charge < -0.3 is 4.74 Å². The first-order chi connectivity index (χ1) is 8.63. The molecule has 1 aromatic carbocycles. The third-order valence-electron chi connectivity index (χ3n) is 3.16. The first-order valence-corrected chi connectivity index (χ1v) is 7.44. The van der Waals surface area contributed by atoms with Crippen molar-refractivity contribution in [3.63, 3.8) is 0 Å². The van der Waals surface area contributed by atoms with E-state index >= 15 is 0 Å². The molecule has 0 aliphatic heterocycles. The van der Waals surface area contributed by atoms with Crippen molar-refractivity contribution in [3.8, 4) is 5.75 Å². The van der Waals surface area contributed by atoms with Crippen molar-refractivity contribution in [2.45, 2.75) is 52.4 Å². The molecule has 2 rings (SSSR count). The summed E-state index contributed by atoms with van der Waals surface area (Å²) in [6, 6.07) is 4.31. The van der Waals surface area contributed by atoms with Gasteiger partial charge in [0.2, 0.25) is 0 Å². The van der Waals surface area contributed by atoms with Crippen molar-refractivity contribution < 1.29 is 4.74 Å². The molecule has 0 saturated carbocycles. The second-order valence-electron chi connectivity index (χ2n) is 7.04. The lowest BCUT2D eigenvalue weighted by Gasteiger charge is -2.21. The summed E-state index contributed by atoms with van der Waals surface area (Å²) in [5.41, 5.74) is 2.45. The van der Waals surface area contributed by atoms with Gasteiger partial charge in [0, 0.05) is 17.0 Å². The summed E-state index contributed by atoms with van der Waals surface area (Å²) in [6.45, 7) is 13.2. The van der Waals surface area contributed by atoms with Gasteiger partial charge in [-0.3, -0.25) is 0 Å². The summed E-state index contributed by atoms with van der Waals surface area (Å²) >= 11 is 1.79. The zero-order chi connectivity index (χ0) is 14.4. The number of nitrogens with zero attached hydrogens (tertiary/aromatic N) is 1. The molecular formula is C16H23NOS. The quantitative estimate of drug-likeness (QED) is 0.739. The molecule has 0 N–H and O–H groups in total. The maximum absolute atomic E-state index is 5.54. The second-order valence-corrected chi connectivity index (χ2v) is 8.07. The number of fused-ring (bicyclic) bond motifs is 1. The van der Waals surface area contributed by atoms with Crippen LogP contribution in [0.1, 0.15) is 52.1 Å². The van der Waals surface area contributed by atoms with Gasteiger partial charge in [-0.25, -0.2) is 4.98 Å².